The molecule has 0 saturated carbocycles. The highest BCUT2D eigenvalue weighted by molar-refractivity contribution is 7.10. The lowest BCUT2D eigenvalue weighted by molar-refractivity contribution is 0.150. The smallest absolute Gasteiger partial charge is 0.0613 e. The van der Waals surface area contributed by atoms with Crippen molar-refractivity contribution in [1.82, 2.24) is 5.32 Å². The first-order valence-electron chi connectivity index (χ1n) is 5.24. The van der Waals surface area contributed by atoms with Crippen LogP contribution in [0.2, 0.25) is 5.02 Å². The number of hydrogen-bond acceptors (Lipinski definition) is 3. The highest BCUT2D eigenvalue weighted by atomic mass is 35.5. The zero-order valence-electron chi connectivity index (χ0n) is 9.22. The number of halogens is 1. The summed E-state index contributed by atoms with van der Waals surface area (Å²) in [7, 11) is 0. The van der Waals surface area contributed by atoms with Gasteiger partial charge in [-0.05, 0) is 18.9 Å². The summed E-state index contributed by atoms with van der Waals surface area (Å²) >= 11 is 7.49. The molecule has 0 aliphatic heterocycles. The molecule has 0 saturated heterocycles. The van der Waals surface area contributed by atoms with Crippen LogP contribution in [0.4, 0.5) is 0 Å². The Morgan fingerprint density at radius 1 is 1.47 bits per heavy atom. The van der Waals surface area contributed by atoms with Crippen molar-refractivity contribution in [2.45, 2.75) is 38.8 Å². The van der Waals surface area contributed by atoms with Gasteiger partial charge in [0.2, 0.25) is 0 Å². The molecule has 2 N–H and O–H groups in total. The Morgan fingerprint density at radius 3 is 2.53 bits per heavy atom. The van der Waals surface area contributed by atoms with E-state index in [1.54, 1.807) is 11.3 Å². The van der Waals surface area contributed by atoms with E-state index in [0.717, 1.165) is 24.4 Å². The third kappa shape index (κ3) is 3.45. The Hall–Kier alpha value is -0.0900. The number of rotatable bonds is 6. The minimum Gasteiger partial charge on any atom is -0.394 e. The van der Waals surface area contributed by atoms with Crippen molar-refractivity contribution in [2.24, 2.45) is 0 Å². The van der Waals surface area contributed by atoms with Gasteiger partial charge in [-0.2, -0.15) is 0 Å². The van der Waals surface area contributed by atoms with E-state index >= 15 is 0 Å². The molecule has 86 valence electrons. The summed E-state index contributed by atoms with van der Waals surface area (Å²) in [6.07, 6.45) is 1.86. The predicted molar refractivity (Wildman–Crippen MR) is 66.6 cm³/mol. The van der Waals surface area contributed by atoms with Crippen molar-refractivity contribution in [3.63, 3.8) is 0 Å². The van der Waals surface area contributed by atoms with Crippen molar-refractivity contribution >= 4 is 22.9 Å². The van der Waals surface area contributed by atoms with Gasteiger partial charge < -0.3 is 10.4 Å². The molecular formula is C11H18ClNOS. The molecule has 0 bridgehead atoms. The summed E-state index contributed by atoms with van der Waals surface area (Å²) in [5.74, 6) is 0. The molecule has 0 spiro atoms. The average Bonchev–Trinajstić information content (AvgIpc) is 2.67. The SMILES string of the molecule is CCC(CC)(CO)NCc1cc(Cl)cs1. The van der Waals surface area contributed by atoms with Gasteiger partial charge in [0.25, 0.3) is 0 Å². The molecule has 0 aromatic carbocycles. The fourth-order valence-corrected chi connectivity index (χ4v) is 2.51. The molecule has 1 aromatic rings. The van der Waals surface area contributed by atoms with Crippen molar-refractivity contribution in [1.29, 1.82) is 0 Å². The topological polar surface area (TPSA) is 32.3 Å². The van der Waals surface area contributed by atoms with Gasteiger partial charge in [-0.25, -0.2) is 0 Å². The summed E-state index contributed by atoms with van der Waals surface area (Å²) in [5.41, 5.74) is -0.142. The Labute approximate surface area is 100 Å². The standard InChI is InChI=1S/C11H18ClNOS/c1-3-11(4-2,8-14)13-6-10-5-9(12)7-15-10/h5,7,13-14H,3-4,6,8H2,1-2H3. The van der Waals surface area contributed by atoms with Gasteiger partial charge in [0.15, 0.2) is 0 Å². The first-order chi connectivity index (χ1) is 7.15. The van der Waals surface area contributed by atoms with Crippen LogP contribution in [0.1, 0.15) is 31.6 Å². The summed E-state index contributed by atoms with van der Waals surface area (Å²) in [6.45, 7) is 5.14. The highest BCUT2D eigenvalue weighted by Crippen LogP contribution is 2.21. The minimum absolute atomic E-state index is 0.142. The second kappa shape index (κ2) is 5.85. The van der Waals surface area contributed by atoms with E-state index in [4.69, 9.17) is 11.6 Å². The lowest BCUT2D eigenvalue weighted by atomic mass is 9.94. The largest absolute Gasteiger partial charge is 0.394 e. The van der Waals surface area contributed by atoms with Gasteiger partial charge in [-0.3, -0.25) is 0 Å². The molecule has 2 nitrogen and oxygen atoms in total. The zero-order chi connectivity index (χ0) is 11.3. The zero-order valence-corrected chi connectivity index (χ0v) is 10.8. The molecule has 0 aliphatic rings. The maximum atomic E-state index is 9.37. The normalized spacial score (nSPS) is 12.0. The maximum absolute atomic E-state index is 9.37. The molecule has 0 atom stereocenters. The van der Waals surface area contributed by atoms with Gasteiger partial charge >= 0.3 is 0 Å². The third-order valence-corrected chi connectivity index (χ3v) is 4.20. The molecule has 0 aliphatic carbocycles. The second-order valence-corrected chi connectivity index (χ2v) is 5.16. The fraction of sp³-hybridized carbons (Fsp3) is 0.636. The van der Waals surface area contributed by atoms with E-state index < -0.39 is 0 Å². The van der Waals surface area contributed by atoms with Crippen LogP contribution in [0.15, 0.2) is 11.4 Å². The molecule has 0 radical (unpaired) electrons. The van der Waals surface area contributed by atoms with E-state index in [1.165, 1.54) is 4.88 Å². The van der Waals surface area contributed by atoms with E-state index in [9.17, 15) is 5.11 Å². The van der Waals surface area contributed by atoms with Crippen molar-refractivity contribution in [3.8, 4) is 0 Å². The van der Waals surface area contributed by atoms with Crippen LogP contribution in [0.5, 0.6) is 0 Å². The van der Waals surface area contributed by atoms with Crippen LogP contribution in [-0.4, -0.2) is 17.3 Å². The van der Waals surface area contributed by atoms with Crippen molar-refractivity contribution in [3.05, 3.63) is 21.3 Å². The number of thiophene rings is 1. The molecule has 1 aromatic heterocycles. The van der Waals surface area contributed by atoms with Crippen LogP contribution in [0, 0.1) is 0 Å². The molecule has 0 unspecified atom stereocenters. The molecule has 0 amide bonds. The van der Waals surface area contributed by atoms with Gasteiger partial charge in [0, 0.05) is 22.3 Å². The number of aliphatic hydroxyl groups is 1. The third-order valence-electron chi connectivity index (χ3n) is 2.92. The quantitative estimate of drug-likeness (QED) is 0.810. The first kappa shape index (κ1) is 13.0. The molecular weight excluding hydrogens is 230 g/mol. The summed E-state index contributed by atoms with van der Waals surface area (Å²) < 4.78 is 0. The molecule has 0 fully saturated rings. The highest BCUT2D eigenvalue weighted by Gasteiger charge is 2.24. The molecule has 1 rings (SSSR count). The Morgan fingerprint density at radius 2 is 2.13 bits per heavy atom. The van der Waals surface area contributed by atoms with Crippen LogP contribution >= 0.6 is 22.9 Å². The summed E-state index contributed by atoms with van der Waals surface area (Å²) in [4.78, 5) is 1.21. The van der Waals surface area contributed by atoms with E-state index in [2.05, 4.69) is 19.2 Å². The van der Waals surface area contributed by atoms with Crippen molar-refractivity contribution < 1.29 is 5.11 Å². The average molecular weight is 248 g/mol. The van der Waals surface area contributed by atoms with Crippen LogP contribution in [-0.2, 0) is 6.54 Å². The molecule has 4 heteroatoms. The van der Waals surface area contributed by atoms with Gasteiger partial charge in [-0.1, -0.05) is 25.4 Å². The Bertz CT molecular complexity index is 288. The summed E-state index contributed by atoms with van der Waals surface area (Å²) in [6, 6.07) is 1.96. The maximum Gasteiger partial charge on any atom is 0.0613 e. The number of nitrogens with one attached hydrogen (secondary N) is 1. The Balaban J connectivity index is 2.54. The molecule has 15 heavy (non-hydrogen) atoms. The minimum atomic E-state index is -0.142. The predicted octanol–water partition coefficient (Wildman–Crippen LogP) is 3.04. The monoisotopic (exact) mass is 247 g/mol. The van der Waals surface area contributed by atoms with Crippen LogP contribution in [0.3, 0.4) is 0 Å². The number of hydrogen-bond donors (Lipinski definition) is 2. The van der Waals surface area contributed by atoms with E-state index in [0.29, 0.717) is 0 Å². The molecule has 1 heterocycles. The van der Waals surface area contributed by atoms with Crippen LogP contribution < -0.4 is 5.32 Å². The number of aliphatic hydroxyl groups excluding tert-OH is 1. The second-order valence-electron chi connectivity index (χ2n) is 3.73. The Kier molecular flexibility index (Phi) is 5.06. The first-order valence-corrected chi connectivity index (χ1v) is 6.50. The lowest BCUT2D eigenvalue weighted by Gasteiger charge is -2.30. The van der Waals surface area contributed by atoms with Gasteiger partial charge in [-0.15, -0.1) is 11.3 Å². The van der Waals surface area contributed by atoms with Gasteiger partial charge in [0.1, 0.15) is 0 Å². The van der Waals surface area contributed by atoms with Gasteiger partial charge in [0.05, 0.1) is 11.6 Å². The van der Waals surface area contributed by atoms with E-state index in [1.807, 2.05) is 11.4 Å². The fourth-order valence-electron chi connectivity index (χ4n) is 1.50. The van der Waals surface area contributed by atoms with Crippen LogP contribution in [0.25, 0.3) is 0 Å². The van der Waals surface area contributed by atoms with E-state index in [-0.39, 0.29) is 12.1 Å². The summed E-state index contributed by atoms with van der Waals surface area (Å²) in [5, 5.41) is 15.5. The van der Waals surface area contributed by atoms with Crippen molar-refractivity contribution in [2.75, 3.05) is 6.61 Å². The lowest BCUT2D eigenvalue weighted by Crippen LogP contribution is -2.46.